The molecular weight excluding hydrogens is 366 g/mol. The highest BCUT2D eigenvalue weighted by Crippen LogP contribution is 2.60. The topological polar surface area (TPSA) is 40.0 Å². The van der Waals surface area contributed by atoms with Gasteiger partial charge in [0.1, 0.15) is 12.9 Å². The van der Waals surface area contributed by atoms with Crippen LogP contribution >= 0.6 is 0 Å². The molecule has 1 aromatic rings. The zero-order valence-electron chi connectivity index (χ0n) is 18.3. The van der Waals surface area contributed by atoms with E-state index in [9.17, 15) is 0 Å². The van der Waals surface area contributed by atoms with Crippen LogP contribution in [0, 0.1) is 17.3 Å². The maximum atomic E-state index is 6.34. The molecule has 5 heteroatoms. The lowest BCUT2D eigenvalue weighted by molar-refractivity contribution is 0.0923. The van der Waals surface area contributed by atoms with Crippen LogP contribution < -0.4 is 9.16 Å². The fourth-order valence-corrected chi connectivity index (χ4v) is 7.02. The van der Waals surface area contributed by atoms with Gasteiger partial charge in [-0.25, -0.2) is 0 Å². The van der Waals surface area contributed by atoms with Gasteiger partial charge in [0, 0.05) is 5.41 Å². The highest BCUT2D eigenvalue weighted by Gasteiger charge is 2.53. The third-order valence-corrected chi connectivity index (χ3v) is 8.20. The number of methoxy groups -OCH3 is 1. The van der Waals surface area contributed by atoms with Gasteiger partial charge < -0.3 is 14.0 Å². The molecule has 0 unspecified atom stereocenters. The Morgan fingerprint density at radius 2 is 1.82 bits per heavy atom. The van der Waals surface area contributed by atoms with Crippen LogP contribution in [0.25, 0.3) is 0 Å². The van der Waals surface area contributed by atoms with Gasteiger partial charge in [-0.3, -0.25) is 0 Å². The largest absolute Gasteiger partial charge is 0.542 e. The zero-order chi connectivity index (χ0) is 20.1. The van der Waals surface area contributed by atoms with Crippen molar-refractivity contribution in [1.82, 2.24) is 0 Å². The number of hydrogen-bond acceptors (Lipinski definition) is 4. The van der Waals surface area contributed by atoms with Crippen LogP contribution in [0.2, 0.25) is 19.6 Å². The average Bonchev–Trinajstić information content (AvgIpc) is 2.96. The first-order valence-corrected chi connectivity index (χ1v) is 14.2. The molecule has 1 aromatic carbocycles. The van der Waals surface area contributed by atoms with Crippen LogP contribution in [0.1, 0.15) is 56.1 Å². The van der Waals surface area contributed by atoms with Gasteiger partial charge in [-0.1, -0.05) is 12.1 Å². The van der Waals surface area contributed by atoms with Gasteiger partial charge in [0.2, 0.25) is 8.32 Å². The molecule has 0 amide bonds. The Morgan fingerprint density at radius 3 is 2.50 bits per heavy atom. The van der Waals surface area contributed by atoms with E-state index < -0.39 is 8.32 Å². The van der Waals surface area contributed by atoms with E-state index in [-0.39, 0.29) is 5.41 Å². The van der Waals surface area contributed by atoms with Crippen molar-refractivity contribution in [3.8, 4) is 11.5 Å². The Labute approximate surface area is 170 Å². The quantitative estimate of drug-likeness (QED) is 0.475. The first-order chi connectivity index (χ1) is 13.3. The molecule has 4 rings (SSSR count). The van der Waals surface area contributed by atoms with Crippen molar-refractivity contribution in [3.05, 3.63) is 23.3 Å². The van der Waals surface area contributed by atoms with Gasteiger partial charge in [0.15, 0.2) is 5.75 Å². The molecule has 154 valence electrons. The lowest BCUT2D eigenvalue weighted by atomic mass is 9.55. The maximum Gasteiger partial charge on any atom is 0.242 e. The van der Waals surface area contributed by atoms with Gasteiger partial charge in [0.05, 0.1) is 12.8 Å². The Hall–Kier alpha value is -1.49. The summed E-state index contributed by atoms with van der Waals surface area (Å²) in [6, 6.07) is 4.58. The molecule has 2 saturated carbocycles. The number of rotatable bonds is 4. The Morgan fingerprint density at radius 1 is 1.04 bits per heavy atom. The normalized spacial score (nSPS) is 33.1. The third-order valence-electron chi connectivity index (χ3n) is 7.37. The molecule has 0 heterocycles. The summed E-state index contributed by atoms with van der Waals surface area (Å²) in [5, 5.41) is 4.42. The van der Waals surface area contributed by atoms with Crippen molar-refractivity contribution in [2.45, 2.75) is 71.0 Å². The van der Waals surface area contributed by atoms with Crippen molar-refractivity contribution in [3.63, 3.8) is 0 Å². The van der Waals surface area contributed by atoms with Gasteiger partial charge in [0.25, 0.3) is 0 Å². The Balaban J connectivity index is 1.67. The Bertz CT molecular complexity index is 785. The van der Waals surface area contributed by atoms with E-state index in [1.165, 1.54) is 42.5 Å². The van der Waals surface area contributed by atoms with Gasteiger partial charge in [-0.2, -0.15) is 0 Å². The van der Waals surface area contributed by atoms with Crippen LogP contribution in [0.3, 0.4) is 0 Å². The SMILES string of the molecule is CO/N=C1/CC[C@H]2[C@@H]3CCc4cc(O[Si](C)(C)C)c(OC)cc4[C@H]3CC[C@]12C. The van der Waals surface area contributed by atoms with Crippen molar-refractivity contribution in [1.29, 1.82) is 0 Å². The van der Waals surface area contributed by atoms with E-state index in [0.717, 1.165) is 36.2 Å². The molecule has 4 atom stereocenters. The lowest BCUT2D eigenvalue weighted by Gasteiger charge is -2.49. The van der Waals surface area contributed by atoms with Crippen LogP contribution in [-0.2, 0) is 11.3 Å². The summed E-state index contributed by atoms with van der Waals surface area (Å²) in [5.74, 6) is 3.94. The molecule has 0 bridgehead atoms. The first kappa shape index (κ1) is 19.8. The van der Waals surface area contributed by atoms with Gasteiger partial charge in [-0.05, 0) is 99.2 Å². The predicted molar refractivity (Wildman–Crippen MR) is 116 cm³/mol. The van der Waals surface area contributed by atoms with E-state index in [4.69, 9.17) is 14.0 Å². The Kier molecular flexibility index (Phi) is 5.01. The number of aryl methyl sites for hydroxylation is 1. The van der Waals surface area contributed by atoms with E-state index in [0.29, 0.717) is 5.92 Å². The van der Waals surface area contributed by atoms with Crippen molar-refractivity contribution in [2.75, 3.05) is 14.2 Å². The minimum absolute atomic E-state index is 0.222. The second kappa shape index (κ2) is 7.08. The fraction of sp³-hybridized carbons (Fsp3) is 0.696. The molecule has 0 saturated heterocycles. The summed E-state index contributed by atoms with van der Waals surface area (Å²) in [6.45, 7) is 9.11. The second-order valence-electron chi connectivity index (χ2n) is 10.0. The monoisotopic (exact) mass is 401 g/mol. The third kappa shape index (κ3) is 3.25. The maximum absolute atomic E-state index is 6.34. The molecule has 0 spiro atoms. The van der Waals surface area contributed by atoms with E-state index in [2.05, 4.69) is 43.9 Å². The number of nitrogens with zero attached hydrogens (tertiary/aromatic N) is 1. The highest BCUT2D eigenvalue weighted by atomic mass is 28.4. The molecule has 2 fully saturated rings. The lowest BCUT2D eigenvalue weighted by Crippen LogP contribution is -2.42. The van der Waals surface area contributed by atoms with Crippen LogP contribution in [-0.4, -0.2) is 28.2 Å². The highest BCUT2D eigenvalue weighted by molar-refractivity contribution is 6.70. The van der Waals surface area contributed by atoms with E-state index in [1.807, 2.05) is 0 Å². The molecule has 0 N–H and O–H groups in total. The number of hydrogen-bond donors (Lipinski definition) is 0. The van der Waals surface area contributed by atoms with Crippen LogP contribution in [0.4, 0.5) is 0 Å². The van der Waals surface area contributed by atoms with Gasteiger partial charge >= 0.3 is 0 Å². The molecule has 28 heavy (non-hydrogen) atoms. The van der Waals surface area contributed by atoms with E-state index in [1.54, 1.807) is 14.2 Å². The summed E-state index contributed by atoms with van der Waals surface area (Å²) in [4.78, 5) is 5.18. The minimum atomic E-state index is -1.67. The van der Waals surface area contributed by atoms with Crippen molar-refractivity contribution < 1.29 is 14.0 Å². The smallest absolute Gasteiger partial charge is 0.242 e. The summed E-state index contributed by atoms with van der Waals surface area (Å²) < 4.78 is 12.1. The fourth-order valence-electron chi connectivity index (χ4n) is 6.20. The first-order valence-electron chi connectivity index (χ1n) is 10.8. The van der Waals surface area contributed by atoms with Gasteiger partial charge in [-0.15, -0.1) is 0 Å². The molecule has 0 aliphatic heterocycles. The molecule has 0 aromatic heterocycles. The summed E-state index contributed by atoms with van der Waals surface area (Å²) >= 11 is 0. The van der Waals surface area contributed by atoms with Crippen LogP contribution in [0.15, 0.2) is 17.3 Å². The predicted octanol–water partition coefficient (Wildman–Crippen LogP) is 5.77. The zero-order valence-corrected chi connectivity index (χ0v) is 19.3. The molecular formula is C23H35NO3Si. The summed E-state index contributed by atoms with van der Waals surface area (Å²) in [5.41, 5.74) is 4.50. The molecule has 0 radical (unpaired) electrons. The van der Waals surface area contributed by atoms with Crippen molar-refractivity contribution >= 4 is 14.0 Å². The number of ether oxygens (including phenoxy) is 1. The molecule has 3 aliphatic carbocycles. The number of oxime groups is 1. The molecule has 4 nitrogen and oxygen atoms in total. The summed E-state index contributed by atoms with van der Waals surface area (Å²) in [7, 11) is 1.77. The standard InChI is InChI=1S/C23H35NO3Si/c1-23-12-11-16-17(19(23)9-10-22(23)24-26-3)8-7-15-13-21(27-28(4,5)6)20(25-2)14-18(15)16/h13-14,16-17,19H,7-12H2,1-6H3/b24-22-/t16-,17+,19-,23-/m0/s1. The summed E-state index contributed by atoms with van der Waals surface area (Å²) in [6.07, 6.45) is 7.20. The minimum Gasteiger partial charge on any atom is -0.542 e. The van der Waals surface area contributed by atoms with Crippen LogP contribution in [0.5, 0.6) is 11.5 Å². The van der Waals surface area contributed by atoms with E-state index >= 15 is 0 Å². The number of benzene rings is 1. The second-order valence-corrected chi connectivity index (χ2v) is 14.5. The molecule has 3 aliphatic rings. The number of fused-ring (bicyclic) bond motifs is 5. The van der Waals surface area contributed by atoms with Crippen molar-refractivity contribution in [2.24, 2.45) is 22.4 Å². The average molecular weight is 402 g/mol.